The van der Waals surface area contributed by atoms with E-state index in [-0.39, 0.29) is 96.6 Å². The Balaban J connectivity index is -0.000000777. The largest absolute Gasteiger partial charge is 1.00 e. The molecule has 0 aliphatic heterocycles. The predicted octanol–water partition coefficient (Wildman–Crippen LogP) is -0.118. The quantitative estimate of drug-likeness (QED) is 0.154. The Bertz CT molecular complexity index is 1280. The van der Waals surface area contributed by atoms with E-state index >= 15 is 0 Å². The summed E-state index contributed by atoms with van der Waals surface area (Å²) < 4.78 is 9.03. The van der Waals surface area contributed by atoms with Gasteiger partial charge in [0.2, 0.25) is 5.91 Å². The molecular formula is C33H46N2O10Rb-. The molecule has 2 aromatic carbocycles. The molecule has 0 saturated carbocycles. The second-order valence-electron chi connectivity index (χ2n) is 10.5. The molecule has 4 atom stereocenters. The van der Waals surface area contributed by atoms with Gasteiger partial charge in [-0.1, -0.05) is 66.6 Å². The van der Waals surface area contributed by atoms with Crippen LogP contribution in [0.25, 0.3) is 0 Å². The Hall–Kier alpha value is -2.61. The first-order valence-electron chi connectivity index (χ1n) is 14.3. The summed E-state index contributed by atoms with van der Waals surface area (Å²) >= 11 is 0. The van der Waals surface area contributed by atoms with Crippen molar-refractivity contribution in [2.45, 2.75) is 71.4 Å². The SMILES string of the molecule is CC[C@@H](CC(=O)OC)C(=O)N[C@H](Cc1cccc(C)c1)C(=O)O.COC(=O)C[C@@H]([C-]=O)CC(=O)[C@H](N)Cc1ccc(C)cc1.[2HH].[OH-].[Rb+]. The van der Waals surface area contributed by atoms with Gasteiger partial charge in [0.1, 0.15) is 11.8 Å². The van der Waals surface area contributed by atoms with Crippen molar-refractivity contribution >= 4 is 35.9 Å². The van der Waals surface area contributed by atoms with Gasteiger partial charge in [0.25, 0.3) is 0 Å². The summed E-state index contributed by atoms with van der Waals surface area (Å²) in [6, 6.07) is 13.5. The van der Waals surface area contributed by atoms with Gasteiger partial charge in [-0.3, -0.25) is 25.5 Å². The zero-order valence-corrected chi connectivity index (χ0v) is 32.3. The third-order valence-corrected chi connectivity index (χ3v) is 6.89. The number of hydrogen-bond donors (Lipinski definition) is 3. The number of ether oxygens (including phenoxy) is 2. The van der Waals surface area contributed by atoms with Crippen molar-refractivity contribution in [2.75, 3.05) is 14.2 Å². The molecule has 1 amide bonds. The van der Waals surface area contributed by atoms with Crippen LogP contribution in [0.1, 0.15) is 56.3 Å². The van der Waals surface area contributed by atoms with Crippen LogP contribution in [-0.4, -0.2) is 72.8 Å². The van der Waals surface area contributed by atoms with Gasteiger partial charge in [0.05, 0.1) is 26.7 Å². The molecule has 0 aromatic heterocycles. The maximum Gasteiger partial charge on any atom is 1.00 e. The van der Waals surface area contributed by atoms with Crippen LogP contribution in [0, 0.1) is 25.7 Å². The Kier molecular flexibility index (Phi) is 24.3. The van der Waals surface area contributed by atoms with Crippen LogP contribution in [0.4, 0.5) is 0 Å². The van der Waals surface area contributed by atoms with E-state index in [1.807, 2.05) is 62.4 Å². The van der Waals surface area contributed by atoms with Crippen LogP contribution in [0.3, 0.4) is 0 Å². The minimum Gasteiger partial charge on any atom is -0.870 e. The molecule has 12 nitrogen and oxygen atoms in total. The van der Waals surface area contributed by atoms with E-state index in [1.165, 1.54) is 14.2 Å². The second kappa shape index (κ2) is 24.5. The predicted molar refractivity (Wildman–Crippen MR) is 167 cm³/mol. The van der Waals surface area contributed by atoms with Crippen LogP contribution in [0.5, 0.6) is 0 Å². The number of carbonyl (C=O) groups excluding carboxylic acids is 5. The molecule has 0 radical (unpaired) electrons. The number of esters is 2. The smallest absolute Gasteiger partial charge is 0.870 e. The minimum atomic E-state index is -1.10. The Morgan fingerprint density at radius 2 is 1.48 bits per heavy atom. The number of methoxy groups -OCH3 is 2. The number of benzene rings is 2. The number of aryl methyl sites for hydroxylation is 2. The molecule has 0 fully saturated rings. The number of carbonyl (C=O) groups is 5. The molecule has 2 rings (SSSR count). The topological polar surface area (TPSA) is 209 Å². The molecule has 0 saturated heterocycles. The van der Waals surface area contributed by atoms with Gasteiger partial charge in [-0.2, -0.15) is 0 Å². The number of amides is 1. The molecular weight excluding hydrogens is 670 g/mol. The maximum atomic E-state index is 12.2. The number of carboxylic acid groups (broad SMARTS) is 1. The zero-order valence-electron chi connectivity index (χ0n) is 27.4. The van der Waals surface area contributed by atoms with Crippen molar-refractivity contribution in [1.82, 2.24) is 5.32 Å². The van der Waals surface area contributed by atoms with E-state index < -0.39 is 47.7 Å². The normalized spacial score (nSPS) is 12.6. The summed E-state index contributed by atoms with van der Waals surface area (Å²) in [7, 11) is 2.49. The average Bonchev–Trinajstić information content (AvgIpc) is 3.00. The third-order valence-electron chi connectivity index (χ3n) is 6.89. The number of nitrogens with one attached hydrogen (secondary N) is 1. The van der Waals surface area contributed by atoms with Crippen LogP contribution in [0.2, 0.25) is 0 Å². The second-order valence-corrected chi connectivity index (χ2v) is 10.5. The minimum absolute atomic E-state index is 0. The van der Waals surface area contributed by atoms with Gasteiger partial charge in [-0.15, -0.1) is 5.92 Å². The van der Waals surface area contributed by atoms with Gasteiger partial charge in [-0.25, -0.2) is 4.79 Å². The number of hydrogen-bond acceptors (Lipinski definition) is 10. The standard InChI is InChI=1S/C17H23NO5.C16H20NO4.H2O.Rb.H2/c1-4-13(10-15(19)23-3)16(20)18-14(17(21)22)9-12-7-5-6-11(2)8-12;1-11-3-5-12(6-4-11)7-14(17)15(19)8-13(10-18)9-16(20)21-2;;;/h5-8,13-14H,4,9-10H2,1-3H3,(H,18,20)(H,21,22);3-6,13-14H,7-9,17H2,1-2H3;1H2;;1H/q;-1;;+1;/p-1/t2*13-,14+;;;/m00.../s1/i;;;;1+1. The van der Waals surface area contributed by atoms with Crippen molar-refractivity contribution in [3.8, 4) is 0 Å². The summed E-state index contributed by atoms with van der Waals surface area (Å²) in [6.45, 7) is 5.66. The molecule has 13 heteroatoms. The van der Waals surface area contributed by atoms with E-state index in [0.29, 0.717) is 12.8 Å². The van der Waals surface area contributed by atoms with Crippen molar-refractivity contribution in [3.63, 3.8) is 0 Å². The Morgan fingerprint density at radius 3 is 1.98 bits per heavy atom. The van der Waals surface area contributed by atoms with Crippen molar-refractivity contribution < 1.29 is 108 Å². The molecule has 46 heavy (non-hydrogen) atoms. The first kappa shape index (κ1) is 45.5. The summed E-state index contributed by atoms with van der Waals surface area (Å²) in [5.74, 6) is -4.23. The van der Waals surface area contributed by atoms with Crippen molar-refractivity contribution in [3.05, 3.63) is 70.8 Å². The average molecular weight is 717 g/mol. The van der Waals surface area contributed by atoms with Crippen LogP contribution in [-0.2, 0) is 51.1 Å². The van der Waals surface area contributed by atoms with E-state index in [4.69, 9.17) is 5.73 Å². The number of ketones is 1. The third kappa shape index (κ3) is 17.9. The van der Waals surface area contributed by atoms with E-state index in [0.717, 1.165) is 22.3 Å². The Morgan fingerprint density at radius 1 is 0.891 bits per heavy atom. The molecule has 250 valence electrons. The molecule has 2 aromatic rings. The van der Waals surface area contributed by atoms with Gasteiger partial charge in [0.15, 0.2) is 0 Å². The van der Waals surface area contributed by atoms with Crippen molar-refractivity contribution in [1.29, 1.82) is 0 Å². The maximum absolute atomic E-state index is 12.2. The molecule has 5 N–H and O–H groups in total. The van der Waals surface area contributed by atoms with Crippen LogP contribution in [0.15, 0.2) is 48.5 Å². The molecule has 0 bridgehead atoms. The van der Waals surface area contributed by atoms with Gasteiger partial charge >= 0.3 is 76.1 Å². The van der Waals surface area contributed by atoms with Gasteiger partial charge < -0.3 is 35.9 Å². The number of nitrogens with two attached hydrogens (primary N) is 1. The summed E-state index contributed by atoms with van der Waals surface area (Å²) in [5.41, 5.74) is 9.80. The summed E-state index contributed by atoms with van der Waals surface area (Å²) in [4.78, 5) is 68.8. The molecule has 0 heterocycles. The van der Waals surface area contributed by atoms with Gasteiger partial charge in [-0.05, 0) is 44.2 Å². The zero-order chi connectivity index (χ0) is 33.2. The fourth-order valence-electron chi connectivity index (χ4n) is 4.20. The summed E-state index contributed by atoms with van der Waals surface area (Å²) in [6.07, 6.45) is 2.42. The molecule has 0 aliphatic rings. The molecule has 0 unspecified atom stereocenters. The van der Waals surface area contributed by atoms with E-state index in [2.05, 4.69) is 14.8 Å². The molecule has 0 aliphatic carbocycles. The fourth-order valence-corrected chi connectivity index (χ4v) is 4.20. The number of rotatable bonds is 16. The first-order valence-corrected chi connectivity index (χ1v) is 14.3. The van der Waals surface area contributed by atoms with E-state index in [1.54, 1.807) is 13.2 Å². The summed E-state index contributed by atoms with van der Waals surface area (Å²) in [5, 5.41) is 11.8. The van der Waals surface area contributed by atoms with E-state index in [9.17, 15) is 33.9 Å². The number of Topliss-reactive ketones (excluding diaryl/α,β-unsaturated/α-hetero) is 1. The molecule has 0 spiro atoms. The van der Waals surface area contributed by atoms with Gasteiger partial charge in [0, 0.05) is 20.2 Å². The van der Waals surface area contributed by atoms with Crippen molar-refractivity contribution in [2.24, 2.45) is 17.6 Å². The number of aliphatic carboxylic acids is 1. The Labute approximate surface area is 320 Å². The first-order chi connectivity index (χ1) is 20.8. The number of carboxylic acids is 1. The van der Waals surface area contributed by atoms with Crippen LogP contribution >= 0.6 is 0 Å². The monoisotopic (exact) mass is 716 g/mol. The fraction of sp³-hybridized carbons (Fsp3) is 0.455. The van der Waals surface area contributed by atoms with Crippen LogP contribution < -0.4 is 69.2 Å².